The lowest BCUT2D eigenvalue weighted by atomic mass is 10.1. The first-order chi connectivity index (χ1) is 14.4. The number of nitrogens with zero attached hydrogens (tertiary/aromatic N) is 2. The van der Waals surface area contributed by atoms with Crippen LogP contribution in [0.2, 0.25) is 0 Å². The molecule has 30 heavy (non-hydrogen) atoms. The highest BCUT2D eigenvalue weighted by Gasteiger charge is 2.11. The minimum absolute atomic E-state index is 0.0183. The molecule has 0 atom stereocenters. The van der Waals surface area contributed by atoms with Crippen molar-refractivity contribution in [3.63, 3.8) is 0 Å². The number of carbonyl (C=O) groups excluding carboxylic acids is 2. The maximum absolute atomic E-state index is 12.5. The van der Waals surface area contributed by atoms with E-state index in [1.54, 1.807) is 24.1 Å². The van der Waals surface area contributed by atoms with E-state index in [0.29, 0.717) is 24.6 Å². The molecule has 7 heteroatoms. The molecule has 0 aliphatic carbocycles. The number of amides is 2. The van der Waals surface area contributed by atoms with E-state index >= 15 is 0 Å². The van der Waals surface area contributed by atoms with Gasteiger partial charge in [-0.3, -0.25) is 9.59 Å². The number of hydrogen-bond acceptors (Lipinski definition) is 4. The summed E-state index contributed by atoms with van der Waals surface area (Å²) in [6.07, 6.45) is 2.21. The van der Waals surface area contributed by atoms with Gasteiger partial charge in [0.15, 0.2) is 5.69 Å². The number of benzene rings is 2. The molecule has 0 spiro atoms. The number of hydrogen-bond donors (Lipinski definition) is 2. The molecular weight excluding hydrogens is 380 g/mol. The fourth-order valence-corrected chi connectivity index (χ4v) is 2.94. The predicted octanol–water partition coefficient (Wildman–Crippen LogP) is 3.80. The molecule has 0 fully saturated rings. The average molecular weight is 406 g/mol. The van der Waals surface area contributed by atoms with Crippen molar-refractivity contribution >= 4 is 17.5 Å². The van der Waals surface area contributed by atoms with Gasteiger partial charge in [0.05, 0.1) is 12.8 Å². The van der Waals surface area contributed by atoms with Gasteiger partial charge in [-0.1, -0.05) is 26.0 Å². The van der Waals surface area contributed by atoms with Crippen molar-refractivity contribution in [1.29, 1.82) is 0 Å². The fourth-order valence-electron chi connectivity index (χ4n) is 2.94. The van der Waals surface area contributed by atoms with E-state index in [-0.39, 0.29) is 11.8 Å². The summed E-state index contributed by atoms with van der Waals surface area (Å²) in [6.45, 7) is 4.34. The van der Waals surface area contributed by atoms with Gasteiger partial charge >= 0.3 is 0 Å². The van der Waals surface area contributed by atoms with Crippen LogP contribution >= 0.6 is 0 Å². The summed E-state index contributed by atoms with van der Waals surface area (Å²) in [5.41, 5.74) is 2.77. The van der Waals surface area contributed by atoms with Crippen molar-refractivity contribution in [3.05, 3.63) is 72.1 Å². The lowest BCUT2D eigenvalue weighted by Crippen LogP contribution is -2.23. The minimum atomic E-state index is -0.267. The Bertz CT molecular complexity index is 1010. The average Bonchev–Trinajstić information content (AvgIpc) is 3.22. The third kappa shape index (κ3) is 5.70. The van der Waals surface area contributed by atoms with Crippen LogP contribution in [0.1, 0.15) is 36.3 Å². The van der Waals surface area contributed by atoms with Gasteiger partial charge in [0.1, 0.15) is 5.75 Å². The van der Waals surface area contributed by atoms with Crippen molar-refractivity contribution < 1.29 is 14.3 Å². The number of methoxy groups -OCH3 is 1. The van der Waals surface area contributed by atoms with E-state index in [4.69, 9.17) is 4.74 Å². The van der Waals surface area contributed by atoms with Crippen LogP contribution in [0.25, 0.3) is 5.69 Å². The third-order valence-electron chi connectivity index (χ3n) is 4.42. The summed E-state index contributed by atoms with van der Waals surface area (Å²) < 4.78 is 6.79. The van der Waals surface area contributed by atoms with Gasteiger partial charge in [0.2, 0.25) is 5.91 Å². The lowest BCUT2D eigenvalue weighted by Gasteiger charge is -2.09. The highest BCUT2D eigenvalue weighted by molar-refractivity contribution is 5.92. The highest BCUT2D eigenvalue weighted by atomic mass is 16.5. The van der Waals surface area contributed by atoms with Crippen LogP contribution in [-0.2, 0) is 11.3 Å². The zero-order valence-electron chi connectivity index (χ0n) is 17.4. The van der Waals surface area contributed by atoms with Crippen LogP contribution in [0.4, 0.5) is 5.69 Å². The molecule has 0 saturated carbocycles. The van der Waals surface area contributed by atoms with Gasteiger partial charge < -0.3 is 15.4 Å². The molecule has 0 aliphatic heterocycles. The van der Waals surface area contributed by atoms with Crippen molar-refractivity contribution in [3.8, 4) is 11.4 Å². The largest absolute Gasteiger partial charge is 0.497 e. The Balaban J connectivity index is 1.58. The number of nitrogens with one attached hydrogen (secondary N) is 2. The molecule has 1 heterocycles. The van der Waals surface area contributed by atoms with E-state index in [9.17, 15) is 9.59 Å². The molecule has 0 bridgehead atoms. The number of ether oxygens (including phenoxy) is 1. The van der Waals surface area contributed by atoms with Crippen LogP contribution < -0.4 is 15.4 Å². The van der Waals surface area contributed by atoms with Crippen LogP contribution in [0.15, 0.2) is 60.8 Å². The molecule has 2 amide bonds. The zero-order chi connectivity index (χ0) is 21.5. The third-order valence-corrected chi connectivity index (χ3v) is 4.42. The summed E-state index contributed by atoms with van der Waals surface area (Å²) in [5, 5.41) is 10.1. The van der Waals surface area contributed by atoms with Crippen LogP contribution in [0, 0.1) is 5.92 Å². The second-order valence-corrected chi connectivity index (χ2v) is 7.37. The lowest BCUT2D eigenvalue weighted by molar-refractivity contribution is -0.116. The van der Waals surface area contributed by atoms with Gasteiger partial charge in [0, 0.05) is 24.8 Å². The number of aromatic nitrogens is 2. The Kier molecular flexibility index (Phi) is 6.85. The summed E-state index contributed by atoms with van der Waals surface area (Å²) in [6, 6.07) is 16.5. The number of rotatable bonds is 8. The van der Waals surface area contributed by atoms with Crippen molar-refractivity contribution in [1.82, 2.24) is 15.1 Å². The van der Waals surface area contributed by atoms with E-state index in [1.807, 2.05) is 62.4 Å². The molecule has 1 aromatic heterocycles. The van der Waals surface area contributed by atoms with Crippen LogP contribution in [0.3, 0.4) is 0 Å². The maximum atomic E-state index is 12.5. The molecule has 3 aromatic rings. The summed E-state index contributed by atoms with van der Waals surface area (Å²) in [7, 11) is 1.61. The zero-order valence-corrected chi connectivity index (χ0v) is 17.4. The molecule has 0 unspecified atom stereocenters. The normalized spacial score (nSPS) is 10.7. The molecule has 0 aliphatic rings. The second-order valence-electron chi connectivity index (χ2n) is 7.37. The molecule has 2 N–H and O–H groups in total. The fraction of sp³-hybridized carbons (Fsp3) is 0.261. The predicted molar refractivity (Wildman–Crippen MR) is 116 cm³/mol. The molecule has 2 aromatic carbocycles. The maximum Gasteiger partial charge on any atom is 0.272 e. The second kappa shape index (κ2) is 9.73. The summed E-state index contributed by atoms with van der Waals surface area (Å²) in [4.78, 5) is 24.4. The molecule has 156 valence electrons. The Morgan fingerprint density at radius 3 is 2.57 bits per heavy atom. The van der Waals surface area contributed by atoms with Crippen molar-refractivity contribution in [2.24, 2.45) is 5.92 Å². The van der Waals surface area contributed by atoms with Crippen molar-refractivity contribution in [2.75, 3.05) is 12.4 Å². The number of anilines is 1. The standard InChI is InChI=1S/C23H26N4O3/c1-16(2)13-22(28)25-18-6-4-5-17(14-18)15-24-23(29)21-11-12-27(26-21)19-7-9-20(30-3)10-8-19/h4-12,14,16H,13,15H2,1-3H3,(H,24,29)(H,25,28). The summed E-state index contributed by atoms with van der Waals surface area (Å²) in [5.74, 6) is 0.767. The Hall–Kier alpha value is -3.61. The van der Waals surface area contributed by atoms with Crippen molar-refractivity contribution in [2.45, 2.75) is 26.8 Å². The van der Waals surface area contributed by atoms with E-state index < -0.39 is 0 Å². The summed E-state index contributed by atoms with van der Waals surface area (Å²) >= 11 is 0. The smallest absolute Gasteiger partial charge is 0.272 e. The molecule has 7 nitrogen and oxygen atoms in total. The Morgan fingerprint density at radius 2 is 1.87 bits per heavy atom. The van der Waals surface area contributed by atoms with Gasteiger partial charge in [-0.2, -0.15) is 5.10 Å². The molecule has 3 rings (SSSR count). The first-order valence-electron chi connectivity index (χ1n) is 9.81. The topological polar surface area (TPSA) is 85.2 Å². The SMILES string of the molecule is COc1ccc(-n2ccc(C(=O)NCc3cccc(NC(=O)CC(C)C)c3)n2)cc1. The van der Waals surface area contributed by atoms with E-state index in [2.05, 4.69) is 15.7 Å². The molecule has 0 radical (unpaired) electrons. The number of carbonyl (C=O) groups is 2. The molecule has 0 saturated heterocycles. The quantitative estimate of drug-likeness (QED) is 0.596. The first-order valence-corrected chi connectivity index (χ1v) is 9.81. The van der Waals surface area contributed by atoms with E-state index in [0.717, 1.165) is 22.7 Å². The van der Waals surface area contributed by atoms with Gasteiger partial charge in [-0.05, 0) is 53.9 Å². The van der Waals surface area contributed by atoms with Crippen LogP contribution in [-0.4, -0.2) is 28.7 Å². The van der Waals surface area contributed by atoms with Gasteiger partial charge in [0.25, 0.3) is 5.91 Å². The van der Waals surface area contributed by atoms with Gasteiger partial charge in [-0.15, -0.1) is 0 Å². The van der Waals surface area contributed by atoms with Gasteiger partial charge in [-0.25, -0.2) is 4.68 Å². The van der Waals surface area contributed by atoms with Crippen LogP contribution in [0.5, 0.6) is 5.75 Å². The highest BCUT2D eigenvalue weighted by Crippen LogP contribution is 2.15. The Morgan fingerprint density at radius 1 is 1.10 bits per heavy atom. The minimum Gasteiger partial charge on any atom is -0.497 e. The van der Waals surface area contributed by atoms with E-state index in [1.165, 1.54) is 0 Å². The first kappa shape index (κ1) is 21.1. The molecular formula is C23H26N4O3. The monoisotopic (exact) mass is 406 g/mol. The Labute approximate surface area is 176 Å².